The van der Waals surface area contributed by atoms with Crippen LogP contribution in [0.25, 0.3) is 32.7 Å². The third kappa shape index (κ3) is 13.1. The van der Waals surface area contributed by atoms with E-state index in [1.54, 1.807) is 20.3 Å². The first-order valence-corrected chi connectivity index (χ1v) is 31.7. The Labute approximate surface area is 487 Å². The number of aryl methyl sites for hydroxylation is 8. The van der Waals surface area contributed by atoms with E-state index in [-0.39, 0.29) is 12.0 Å². The molecule has 10 rings (SSSR count). The number of halogens is 1. The van der Waals surface area contributed by atoms with Gasteiger partial charge in [-0.3, -0.25) is 0 Å². The van der Waals surface area contributed by atoms with Gasteiger partial charge in [0.25, 0.3) is 0 Å². The first-order chi connectivity index (χ1) is 37.9. The molecule has 0 aromatic heterocycles. The molecule has 0 radical (unpaired) electrons. The zero-order chi connectivity index (χ0) is 56.7. The number of fused-ring (bicyclic) bond motifs is 2. The summed E-state index contributed by atoms with van der Waals surface area (Å²) in [7, 11) is 5.96. The maximum absolute atomic E-state index is 6.83. The summed E-state index contributed by atoms with van der Waals surface area (Å²) < 4.78 is 10.4. The Morgan fingerprint density at radius 2 is 0.797 bits per heavy atom. The van der Waals surface area contributed by atoms with Crippen LogP contribution in [0.3, 0.4) is 0 Å². The molecule has 4 N–H and O–H groups in total. The molecule has 0 amide bonds. The van der Waals surface area contributed by atoms with Crippen LogP contribution in [0.5, 0.6) is 11.5 Å². The molecule has 0 heterocycles. The molecule has 4 nitrogen and oxygen atoms in total. The van der Waals surface area contributed by atoms with Crippen LogP contribution >= 0.6 is 25.5 Å². The summed E-state index contributed by atoms with van der Waals surface area (Å²) in [5.74, 6) is 1.73. The minimum absolute atomic E-state index is 0.206. The van der Waals surface area contributed by atoms with E-state index in [0.717, 1.165) is 22.6 Å². The van der Waals surface area contributed by atoms with Crippen molar-refractivity contribution in [2.75, 3.05) is 14.2 Å². The van der Waals surface area contributed by atoms with Crippen LogP contribution in [-0.2, 0) is 22.9 Å². The summed E-state index contributed by atoms with van der Waals surface area (Å²) in [6.07, 6.45) is 0. The van der Waals surface area contributed by atoms with Gasteiger partial charge in [-0.15, -0.1) is 17.7 Å². The second kappa shape index (κ2) is 26.1. The summed E-state index contributed by atoms with van der Waals surface area (Å²) in [6, 6.07) is 72.9. The topological polar surface area (TPSA) is 70.5 Å². The van der Waals surface area contributed by atoms with Crippen molar-refractivity contribution in [3.63, 3.8) is 0 Å². The molecule has 8 heteroatoms. The van der Waals surface area contributed by atoms with Crippen molar-refractivity contribution < 1.29 is 26.8 Å². The van der Waals surface area contributed by atoms with E-state index in [1.807, 2.05) is 53.7 Å². The molecule has 0 fully saturated rings. The van der Waals surface area contributed by atoms with Gasteiger partial charge in [0.15, 0.2) is 0 Å². The second-order valence-electron chi connectivity index (χ2n) is 21.4. The van der Waals surface area contributed by atoms with Crippen molar-refractivity contribution in [1.82, 2.24) is 0 Å². The van der Waals surface area contributed by atoms with Crippen molar-refractivity contribution in [2.24, 2.45) is 17.4 Å². The zero-order valence-corrected chi connectivity index (χ0v) is 51.9. The Morgan fingerprint density at radius 3 is 1.11 bits per heavy atom. The molecule has 10 aromatic rings. The predicted octanol–water partition coefficient (Wildman–Crippen LogP) is 15.0. The first-order valence-electron chi connectivity index (χ1n) is 26.8. The Balaban J connectivity index is 0.000000275. The SMILES string of the molecule is COc1c[c-]c(C(N)(c2ccc(OC)cc2)[C@@H](N)C(C)C)cc1.Cc1cc(C)cc(P(c2cc(C)cc(C)c2)c2ccc3ccccc3c2-c2c(P(c3cc(C)cc(C)c3)c3cc(C)cc(C)c3)ccc3ccccc23)c1.[Cl][Ru+]. The molecule has 0 aliphatic carbocycles. The van der Waals surface area contributed by atoms with E-state index in [1.165, 1.54) is 109 Å². The van der Waals surface area contributed by atoms with Crippen LogP contribution in [0.15, 0.2) is 188 Å². The number of hydrogen-bond acceptors (Lipinski definition) is 4. The number of hydrogen-bond donors (Lipinski definition) is 2. The molecule has 0 spiro atoms. The van der Waals surface area contributed by atoms with Crippen LogP contribution in [0.4, 0.5) is 0 Å². The fourth-order valence-electron chi connectivity index (χ4n) is 11.3. The fourth-order valence-corrected chi connectivity index (χ4v) is 17.0. The summed E-state index contributed by atoms with van der Waals surface area (Å²) in [5.41, 5.74) is 27.5. The van der Waals surface area contributed by atoms with E-state index in [0.29, 0.717) is 0 Å². The third-order valence-corrected chi connectivity index (χ3v) is 19.5. The predicted molar refractivity (Wildman–Crippen MR) is 341 cm³/mol. The summed E-state index contributed by atoms with van der Waals surface area (Å²) >= 11 is 1.82. The zero-order valence-electron chi connectivity index (χ0n) is 47.6. The van der Waals surface area contributed by atoms with Crippen LogP contribution in [-0.4, -0.2) is 20.3 Å². The number of nitrogens with two attached hydrogens (primary N) is 2. The average molecular weight is 1180 g/mol. The quantitative estimate of drug-likeness (QED) is 0.0686. The van der Waals surface area contributed by atoms with Gasteiger partial charge in [0.05, 0.1) is 19.8 Å². The van der Waals surface area contributed by atoms with Crippen LogP contribution in [0, 0.1) is 67.4 Å². The molecule has 2 atom stereocenters. The second-order valence-corrected chi connectivity index (χ2v) is 25.8. The average Bonchev–Trinajstić information content (AvgIpc) is 3.63. The summed E-state index contributed by atoms with van der Waals surface area (Å²) in [5, 5.41) is 13.6. The van der Waals surface area contributed by atoms with Gasteiger partial charge in [0.1, 0.15) is 5.75 Å². The Hall–Kier alpha value is -5.99. The van der Waals surface area contributed by atoms with Gasteiger partial charge in [-0.1, -0.05) is 216 Å². The van der Waals surface area contributed by atoms with E-state index >= 15 is 0 Å². The molecule has 404 valence electrons. The van der Waals surface area contributed by atoms with E-state index in [4.69, 9.17) is 20.9 Å². The van der Waals surface area contributed by atoms with Gasteiger partial charge >= 0.3 is 27.0 Å². The van der Waals surface area contributed by atoms with E-state index in [2.05, 4.69) is 231 Å². The van der Waals surface area contributed by atoms with Crippen molar-refractivity contribution in [3.8, 4) is 22.6 Å². The monoisotopic (exact) mass is 1180 g/mol. The van der Waals surface area contributed by atoms with Crippen LogP contribution < -0.4 is 52.8 Å². The van der Waals surface area contributed by atoms with E-state index < -0.39 is 21.4 Å². The molecule has 0 saturated heterocycles. The third-order valence-electron chi connectivity index (χ3n) is 14.7. The van der Waals surface area contributed by atoms with Crippen molar-refractivity contribution >= 4 is 78.9 Å². The molecule has 0 bridgehead atoms. The van der Waals surface area contributed by atoms with Crippen molar-refractivity contribution in [3.05, 3.63) is 250 Å². The number of benzene rings is 10. The van der Waals surface area contributed by atoms with Gasteiger partial charge in [0, 0.05) is 11.8 Å². The number of methoxy groups -OCH3 is 2. The van der Waals surface area contributed by atoms with Crippen molar-refractivity contribution in [1.29, 1.82) is 0 Å². The Morgan fingerprint density at radius 1 is 0.456 bits per heavy atom. The number of ether oxygens (including phenoxy) is 2. The Bertz CT molecular complexity index is 3330. The van der Waals surface area contributed by atoms with Gasteiger partial charge in [-0.2, -0.15) is 12.1 Å². The van der Waals surface area contributed by atoms with Gasteiger partial charge < -0.3 is 20.9 Å². The molecule has 0 saturated carbocycles. The first kappa shape index (κ1) is 59.1. The van der Waals surface area contributed by atoms with Gasteiger partial charge in [0.2, 0.25) is 0 Å². The fraction of sp³-hybridized carbons (Fsp3) is 0.211. The molecule has 1 unspecified atom stereocenters. The normalized spacial score (nSPS) is 12.4. The van der Waals surface area contributed by atoms with Crippen LogP contribution in [0.1, 0.15) is 69.5 Å². The summed E-state index contributed by atoms with van der Waals surface area (Å²) in [6.45, 7) is 22.1. The number of rotatable bonds is 13. The van der Waals surface area contributed by atoms with Crippen molar-refractivity contribution in [2.45, 2.75) is 80.8 Å². The summed E-state index contributed by atoms with van der Waals surface area (Å²) in [4.78, 5) is 0. The molecular formula is C71H73ClN2O2P2Ru. The maximum atomic E-state index is 6.83. The molecule has 79 heavy (non-hydrogen) atoms. The molecular weight excluding hydrogens is 1110 g/mol. The van der Waals surface area contributed by atoms with Gasteiger partial charge in [-0.25, -0.2) is 0 Å². The van der Waals surface area contributed by atoms with E-state index in [9.17, 15) is 0 Å². The molecule has 10 aromatic carbocycles. The minimum atomic E-state index is -0.937. The molecule has 0 aliphatic heterocycles. The van der Waals surface area contributed by atoms with Crippen LogP contribution in [0.2, 0.25) is 0 Å². The molecule has 0 aliphatic rings. The van der Waals surface area contributed by atoms with Gasteiger partial charge in [-0.05, 0) is 159 Å². The Kier molecular flexibility index (Phi) is 19.5. The standard InChI is InChI=1S/C52H48P2.C19H25N2O2.ClH.Ru/c1-33-21-34(2)26-43(25-33)53(44-27-35(3)22-36(4)28-44)49-19-17-41-13-9-11-15-47(41)51(49)52-48-16-12-10-14-42(48)18-20-50(52)54(45-29-37(5)23-38(6)30-45)46-31-39(7)24-40(8)32-46;1-13(2)18(20)19(21,14-5-9-16(22-3)10-6-14)15-7-11-17(23-4)12-8-15;;/h9-32H,1-8H3;5-7,9-13,18H,20-21H2,1-4H3;1H;/q;-1;;+2/p-1/t;18-,19?;;/m.0../s1.